The van der Waals surface area contributed by atoms with Gasteiger partial charge in [0.2, 0.25) is 0 Å². The van der Waals surface area contributed by atoms with Crippen molar-refractivity contribution < 1.29 is 0 Å². The number of rotatable bonds is 2. The summed E-state index contributed by atoms with van der Waals surface area (Å²) in [6.45, 7) is 6.01. The highest BCUT2D eigenvalue weighted by Gasteiger charge is 2.19. The van der Waals surface area contributed by atoms with E-state index in [1.165, 1.54) is 33.8 Å². The molecule has 4 rings (SSSR count). The van der Waals surface area contributed by atoms with Gasteiger partial charge in [0.25, 0.3) is 0 Å². The maximum absolute atomic E-state index is 3.89. The zero-order chi connectivity index (χ0) is 16.5. The quantitative estimate of drug-likeness (QED) is 0.403. The third kappa shape index (κ3) is 2.44. The summed E-state index contributed by atoms with van der Waals surface area (Å²) >= 11 is 0. The Kier molecular flexibility index (Phi) is 3.55. The van der Waals surface area contributed by atoms with Crippen LogP contribution in [0.5, 0.6) is 0 Å². The molecule has 0 saturated heterocycles. The molecule has 0 amide bonds. The number of aryl methyl sites for hydroxylation is 1. The Hall–Kier alpha value is -3.06. The second-order valence-electron chi connectivity index (χ2n) is 6.09. The van der Waals surface area contributed by atoms with Crippen molar-refractivity contribution in [1.29, 1.82) is 0 Å². The molecule has 116 valence electrons. The predicted octanol–water partition coefficient (Wildman–Crippen LogP) is 6.59. The standard InChI is InChI=1S/C23H19N/c1-3-18-10-15-23-20(16-18)12-11-19-6-4-5-7-22(19)24(23)21-13-8-17(2)9-14-21/h3-16H,1H2,2H3. The van der Waals surface area contributed by atoms with E-state index in [1.807, 2.05) is 6.08 Å². The highest BCUT2D eigenvalue weighted by Crippen LogP contribution is 2.42. The molecule has 1 nitrogen and oxygen atoms in total. The van der Waals surface area contributed by atoms with E-state index in [1.54, 1.807) is 0 Å². The summed E-state index contributed by atoms with van der Waals surface area (Å²) in [5.74, 6) is 0. The van der Waals surface area contributed by atoms with Gasteiger partial charge >= 0.3 is 0 Å². The highest BCUT2D eigenvalue weighted by molar-refractivity contribution is 5.93. The summed E-state index contributed by atoms with van der Waals surface area (Å²) in [6.07, 6.45) is 6.27. The number of benzene rings is 3. The van der Waals surface area contributed by atoms with Gasteiger partial charge in [0.05, 0.1) is 11.4 Å². The van der Waals surface area contributed by atoms with Gasteiger partial charge in [-0.25, -0.2) is 0 Å². The van der Waals surface area contributed by atoms with Gasteiger partial charge in [-0.3, -0.25) is 0 Å². The van der Waals surface area contributed by atoms with Crippen LogP contribution in [0, 0.1) is 6.92 Å². The van der Waals surface area contributed by atoms with Crippen molar-refractivity contribution in [3.63, 3.8) is 0 Å². The van der Waals surface area contributed by atoms with Crippen molar-refractivity contribution in [3.05, 3.63) is 95.6 Å². The largest absolute Gasteiger partial charge is 0.309 e. The van der Waals surface area contributed by atoms with Crippen LogP contribution in [0.25, 0.3) is 18.2 Å². The summed E-state index contributed by atoms with van der Waals surface area (Å²) in [4.78, 5) is 2.33. The van der Waals surface area contributed by atoms with Gasteiger partial charge in [0, 0.05) is 5.69 Å². The first kappa shape index (κ1) is 14.5. The van der Waals surface area contributed by atoms with Gasteiger partial charge in [-0.15, -0.1) is 0 Å². The third-order valence-corrected chi connectivity index (χ3v) is 4.44. The third-order valence-electron chi connectivity index (χ3n) is 4.44. The number of anilines is 3. The Morgan fingerprint density at radius 2 is 1.50 bits per heavy atom. The lowest BCUT2D eigenvalue weighted by atomic mass is 10.1. The Bertz CT molecular complexity index is 933. The maximum atomic E-state index is 3.89. The van der Waals surface area contributed by atoms with Crippen LogP contribution >= 0.6 is 0 Å². The van der Waals surface area contributed by atoms with Gasteiger partial charge in [-0.05, 0) is 53.9 Å². The minimum atomic E-state index is 1.13. The second-order valence-corrected chi connectivity index (χ2v) is 6.09. The van der Waals surface area contributed by atoms with E-state index in [2.05, 4.69) is 97.3 Å². The van der Waals surface area contributed by atoms with Crippen LogP contribution in [-0.4, -0.2) is 0 Å². The van der Waals surface area contributed by atoms with Crippen LogP contribution < -0.4 is 4.90 Å². The molecule has 0 unspecified atom stereocenters. The molecule has 3 aromatic carbocycles. The predicted molar refractivity (Wildman–Crippen MR) is 105 cm³/mol. The van der Waals surface area contributed by atoms with Crippen LogP contribution in [0.2, 0.25) is 0 Å². The molecule has 1 aliphatic heterocycles. The molecular formula is C23H19N. The maximum Gasteiger partial charge on any atom is 0.0534 e. The summed E-state index contributed by atoms with van der Waals surface area (Å²) in [5.41, 5.74) is 8.37. The Morgan fingerprint density at radius 3 is 2.29 bits per heavy atom. The summed E-state index contributed by atoms with van der Waals surface area (Å²) in [7, 11) is 0. The van der Waals surface area contributed by atoms with E-state index >= 15 is 0 Å². The lowest BCUT2D eigenvalue weighted by Gasteiger charge is -2.27. The van der Waals surface area contributed by atoms with Gasteiger partial charge < -0.3 is 4.90 Å². The molecule has 0 N–H and O–H groups in total. The molecule has 0 spiro atoms. The monoisotopic (exact) mass is 309 g/mol. The first-order valence-corrected chi connectivity index (χ1v) is 8.17. The number of para-hydroxylation sites is 1. The van der Waals surface area contributed by atoms with Gasteiger partial charge in [0.15, 0.2) is 0 Å². The number of hydrogen-bond donors (Lipinski definition) is 0. The average Bonchev–Trinajstić information content (AvgIpc) is 2.79. The molecular weight excluding hydrogens is 290 g/mol. The number of fused-ring (bicyclic) bond motifs is 2. The first-order chi connectivity index (χ1) is 11.8. The van der Waals surface area contributed by atoms with Crippen LogP contribution in [0.4, 0.5) is 17.1 Å². The molecule has 0 aliphatic carbocycles. The molecule has 0 saturated carbocycles. The van der Waals surface area contributed by atoms with Gasteiger partial charge in [0.1, 0.15) is 0 Å². The van der Waals surface area contributed by atoms with Crippen LogP contribution in [0.3, 0.4) is 0 Å². The normalized spacial score (nSPS) is 12.3. The second kappa shape index (κ2) is 5.86. The zero-order valence-electron chi connectivity index (χ0n) is 13.7. The fraction of sp³-hybridized carbons (Fsp3) is 0.0435. The number of nitrogens with zero attached hydrogens (tertiary/aromatic N) is 1. The smallest absolute Gasteiger partial charge is 0.0534 e. The summed E-state index contributed by atoms with van der Waals surface area (Å²) in [6, 6.07) is 23.7. The molecule has 0 radical (unpaired) electrons. The first-order valence-electron chi connectivity index (χ1n) is 8.17. The van der Waals surface area contributed by atoms with Crippen molar-refractivity contribution >= 4 is 35.3 Å². The Labute approximate surface area is 143 Å². The molecule has 0 bridgehead atoms. The van der Waals surface area contributed by atoms with E-state index in [0.717, 1.165) is 5.56 Å². The summed E-state index contributed by atoms with van der Waals surface area (Å²) < 4.78 is 0. The minimum Gasteiger partial charge on any atom is -0.309 e. The molecule has 0 aromatic heterocycles. The van der Waals surface area contributed by atoms with Crippen molar-refractivity contribution in [1.82, 2.24) is 0 Å². The van der Waals surface area contributed by atoms with Crippen molar-refractivity contribution in [3.8, 4) is 0 Å². The van der Waals surface area contributed by atoms with E-state index in [4.69, 9.17) is 0 Å². The minimum absolute atomic E-state index is 1.13. The SMILES string of the molecule is C=Cc1ccc2c(c1)C=Cc1ccccc1N2c1ccc(C)cc1. The van der Waals surface area contributed by atoms with E-state index in [0.29, 0.717) is 0 Å². The molecule has 24 heavy (non-hydrogen) atoms. The molecule has 1 heterocycles. The molecule has 0 fully saturated rings. The van der Waals surface area contributed by atoms with Crippen molar-refractivity contribution in [2.45, 2.75) is 6.92 Å². The Morgan fingerprint density at radius 1 is 0.792 bits per heavy atom. The summed E-state index contributed by atoms with van der Waals surface area (Å²) in [5, 5.41) is 0. The highest BCUT2D eigenvalue weighted by atomic mass is 15.1. The van der Waals surface area contributed by atoms with E-state index in [-0.39, 0.29) is 0 Å². The van der Waals surface area contributed by atoms with Crippen molar-refractivity contribution in [2.24, 2.45) is 0 Å². The van der Waals surface area contributed by atoms with Crippen LogP contribution in [0.15, 0.2) is 73.3 Å². The fourth-order valence-corrected chi connectivity index (χ4v) is 3.15. The Balaban J connectivity index is 1.98. The van der Waals surface area contributed by atoms with E-state index in [9.17, 15) is 0 Å². The van der Waals surface area contributed by atoms with E-state index < -0.39 is 0 Å². The lowest BCUT2D eigenvalue weighted by Crippen LogP contribution is -2.11. The van der Waals surface area contributed by atoms with Crippen molar-refractivity contribution in [2.75, 3.05) is 4.90 Å². The molecule has 3 aromatic rings. The zero-order valence-corrected chi connectivity index (χ0v) is 13.7. The fourth-order valence-electron chi connectivity index (χ4n) is 3.15. The van der Waals surface area contributed by atoms with Gasteiger partial charge in [-0.1, -0.05) is 66.8 Å². The molecule has 1 aliphatic rings. The van der Waals surface area contributed by atoms with Crippen LogP contribution in [-0.2, 0) is 0 Å². The average molecular weight is 309 g/mol. The number of hydrogen-bond acceptors (Lipinski definition) is 1. The van der Waals surface area contributed by atoms with Crippen LogP contribution in [0.1, 0.15) is 22.3 Å². The molecule has 1 heteroatoms. The lowest BCUT2D eigenvalue weighted by molar-refractivity contribution is 1.27. The molecule has 0 atom stereocenters. The topological polar surface area (TPSA) is 3.24 Å². The van der Waals surface area contributed by atoms with Gasteiger partial charge in [-0.2, -0.15) is 0 Å².